The van der Waals surface area contributed by atoms with Crippen LogP contribution in [0.1, 0.15) is 12.8 Å². The van der Waals surface area contributed by atoms with Crippen molar-refractivity contribution in [3.05, 3.63) is 12.7 Å². The molecule has 14 heavy (non-hydrogen) atoms. The van der Waals surface area contributed by atoms with Gasteiger partial charge in [0.1, 0.15) is 6.42 Å². The van der Waals surface area contributed by atoms with E-state index in [1.54, 1.807) is 6.07 Å². The van der Waals surface area contributed by atoms with Gasteiger partial charge in [-0.15, -0.1) is 0 Å². The summed E-state index contributed by atoms with van der Waals surface area (Å²) in [5.74, 6) is -0.795. The van der Waals surface area contributed by atoms with Gasteiger partial charge in [0.15, 0.2) is 0 Å². The van der Waals surface area contributed by atoms with Crippen LogP contribution in [0.4, 0.5) is 0 Å². The summed E-state index contributed by atoms with van der Waals surface area (Å²) in [7, 11) is 0. The predicted octanol–water partition coefficient (Wildman–Crippen LogP) is 0.136. The molecule has 0 rings (SSSR count). The van der Waals surface area contributed by atoms with Crippen molar-refractivity contribution in [1.82, 2.24) is 5.32 Å². The highest BCUT2D eigenvalue weighted by Gasteiger charge is 1.98. The molecule has 5 nitrogen and oxygen atoms in total. The fourth-order valence-corrected chi connectivity index (χ4v) is 0.666. The number of amides is 1. The van der Waals surface area contributed by atoms with E-state index in [2.05, 4.69) is 16.6 Å². The van der Waals surface area contributed by atoms with Crippen molar-refractivity contribution in [2.75, 3.05) is 13.2 Å². The third-order valence-corrected chi connectivity index (χ3v) is 1.29. The summed E-state index contributed by atoms with van der Waals surface area (Å²) < 4.78 is 4.66. The normalized spacial score (nSPS) is 8.50. The summed E-state index contributed by atoms with van der Waals surface area (Å²) in [5, 5.41) is 10.6. The number of carbonyl (C=O) groups excluding carboxylic acids is 2. The van der Waals surface area contributed by atoms with Crippen LogP contribution < -0.4 is 5.32 Å². The lowest BCUT2D eigenvalue weighted by molar-refractivity contribution is -0.137. The molecule has 0 saturated heterocycles. The molecule has 0 aliphatic carbocycles. The van der Waals surface area contributed by atoms with Gasteiger partial charge in [-0.2, -0.15) is 5.26 Å². The minimum absolute atomic E-state index is 0.146. The molecule has 1 amide bonds. The van der Waals surface area contributed by atoms with Crippen LogP contribution in [0, 0.1) is 11.3 Å². The van der Waals surface area contributed by atoms with Crippen molar-refractivity contribution in [2.45, 2.75) is 12.8 Å². The Balaban J connectivity index is 3.30. The van der Waals surface area contributed by atoms with Crippen molar-refractivity contribution >= 4 is 11.9 Å². The third kappa shape index (κ3) is 6.85. The second-order valence-electron chi connectivity index (χ2n) is 2.41. The SMILES string of the molecule is C=CC(=O)OCCCNC(=O)CC#N. The molecular formula is C9H12N2O3. The first-order valence-corrected chi connectivity index (χ1v) is 4.13. The zero-order chi connectivity index (χ0) is 10.8. The standard InChI is InChI=1S/C9H12N2O3/c1-2-9(13)14-7-3-6-11-8(12)4-5-10/h2H,1,3-4,6-7H2,(H,11,12). The average molecular weight is 196 g/mol. The number of nitrogens with zero attached hydrogens (tertiary/aromatic N) is 1. The van der Waals surface area contributed by atoms with Gasteiger partial charge in [-0.05, 0) is 6.42 Å². The Morgan fingerprint density at radius 2 is 2.29 bits per heavy atom. The topological polar surface area (TPSA) is 79.2 Å². The Bertz CT molecular complexity index is 255. The van der Waals surface area contributed by atoms with Crippen LogP contribution in [-0.4, -0.2) is 25.0 Å². The number of carbonyl (C=O) groups is 2. The van der Waals surface area contributed by atoms with E-state index in [4.69, 9.17) is 5.26 Å². The Kier molecular flexibility index (Phi) is 6.78. The third-order valence-electron chi connectivity index (χ3n) is 1.29. The van der Waals surface area contributed by atoms with Crippen LogP contribution in [0.5, 0.6) is 0 Å². The molecule has 0 aromatic heterocycles. The molecule has 0 heterocycles. The van der Waals surface area contributed by atoms with E-state index < -0.39 is 5.97 Å². The number of ether oxygens (including phenoxy) is 1. The Morgan fingerprint density at radius 1 is 1.57 bits per heavy atom. The number of esters is 1. The second-order valence-corrected chi connectivity index (χ2v) is 2.41. The monoisotopic (exact) mass is 196 g/mol. The molecule has 76 valence electrons. The van der Waals surface area contributed by atoms with Gasteiger partial charge in [0.2, 0.25) is 5.91 Å². The molecule has 0 aromatic carbocycles. The Hall–Kier alpha value is -1.83. The molecular weight excluding hydrogens is 184 g/mol. The zero-order valence-electron chi connectivity index (χ0n) is 7.78. The number of hydrogen-bond acceptors (Lipinski definition) is 4. The molecule has 0 saturated carbocycles. The number of nitrogens with one attached hydrogen (secondary N) is 1. The zero-order valence-corrected chi connectivity index (χ0v) is 7.78. The Labute approximate surface area is 82.3 Å². The highest BCUT2D eigenvalue weighted by molar-refractivity contribution is 5.81. The average Bonchev–Trinajstić information content (AvgIpc) is 2.17. The number of hydrogen-bond donors (Lipinski definition) is 1. The summed E-state index contributed by atoms with van der Waals surface area (Å²) in [6.07, 6.45) is 1.46. The molecule has 5 heteroatoms. The molecule has 0 aliphatic rings. The lowest BCUT2D eigenvalue weighted by Gasteiger charge is -2.02. The number of nitriles is 1. The smallest absolute Gasteiger partial charge is 0.330 e. The molecule has 0 spiro atoms. The molecule has 0 fully saturated rings. The highest BCUT2D eigenvalue weighted by atomic mass is 16.5. The van der Waals surface area contributed by atoms with Gasteiger partial charge < -0.3 is 10.1 Å². The fourth-order valence-electron chi connectivity index (χ4n) is 0.666. The van der Waals surface area contributed by atoms with E-state index in [1.165, 1.54) is 0 Å². The quantitative estimate of drug-likeness (QED) is 0.372. The van der Waals surface area contributed by atoms with Crippen molar-refractivity contribution < 1.29 is 14.3 Å². The van der Waals surface area contributed by atoms with E-state index in [0.29, 0.717) is 13.0 Å². The summed E-state index contributed by atoms with van der Waals surface area (Å²) in [6, 6.07) is 1.73. The van der Waals surface area contributed by atoms with E-state index in [0.717, 1.165) is 6.08 Å². The van der Waals surface area contributed by atoms with E-state index >= 15 is 0 Å². The van der Waals surface area contributed by atoms with Crippen LogP contribution in [-0.2, 0) is 14.3 Å². The molecule has 0 radical (unpaired) electrons. The molecule has 0 atom stereocenters. The molecule has 1 N–H and O–H groups in total. The first kappa shape index (κ1) is 12.2. The first-order valence-electron chi connectivity index (χ1n) is 4.13. The summed E-state index contributed by atoms with van der Waals surface area (Å²) in [5.41, 5.74) is 0. The maximum Gasteiger partial charge on any atom is 0.330 e. The minimum Gasteiger partial charge on any atom is -0.462 e. The van der Waals surface area contributed by atoms with E-state index in [9.17, 15) is 9.59 Å². The maximum absolute atomic E-state index is 10.7. The van der Waals surface area contributed by atoms with Gasteiger partial charge in [-0.25, -0.2) is 4.79 Å². The lowest BCUT2D eigenvalue weighted by Crippen LogP contribution is -2.24. The van der Waals surface area contributed by atoms with Crippen LogP contribution in [0.2, 0.25) is 0 Å². The molecule has 0 unspecified atom stereocenters. The lowest BCUT2D eigenvalue weighted by atomic mass is 10.4. The van der Waals surface area contributed by atoms with Gasteiger partial charge in [-0.3, -0.25) is 4.79 Å². The van der Waals surface area contributed by atoms with Crippen LogP contribution in [0.15, 0.2) is 12.7 Å². The molecule has 0 aromatic rings. The van der Waals surface area contributed by atoms with E-state index in [-0.39, 0.29) is 18.9 Å². The first-order chi connectivity index (χ1) is 6.70. The van der Waals surface area contributed by atoms with Crippen LogP contribution in [0.3, 0.4) is 0 Å². The van der Waals surface area contributed by atoms with Crippen molar-refractivity contribution in [3.8, 4) is 6.07 Å². The van der Waals surface area contributed by atoms with Crippen molar-refractivity contribution in [1.29, 1.82) is 5.26 Å². The largest absolute Gasteiger partial charge is 0.462 e. The van der Waals surface area contributed by atoms with Crippen LogP contribution >= 0.6 is 0 Å². The highest BCUT2D eigenvalue weighted by Crippen LogP contribution is 1.84. The minimum atomic E-state index is -0.478. The van der Waals surface area contributed by atoms with E-state index in [1.807, 2.05) is 0 Å². The predicted molar refractivity (Wildman–Crippen MR) is 49.0 cm³/mol. The summed E-state index contributed by atoms with van der Waals surface area (Å²) in [4.78, 5) is 21.3. The van der Waals surface area contributed by atoms with Crippen LogP contribution in [0.25, 0.3) is 0 Å². The van der Waals surface area contributed by atoms with Gasteiger partial charge in [0, 0.05) is 12.6 Å². The molecule has 0 bridgehead atoms. The van der Waals surface area contributed by atoms with Gasteiger partial charge in [0.25, 0.3) is 0 Å². The molecule has 0 aliphatic heterocycles. The fraction of sp³-hybridized carbons (Fsp3) is 0.444. The second kappa shape index (κ2) is 7.80. The van der Waals surface area contributed by atoms with Gasteiger partial charge in [-0.1, -0.05) is 6.58 Å². The van der Waals surface area contributed by atoms with Gasteiger partial charge in [0.05, 0.1) is 12.7 Å². The summed E-state index contributed by atoms with van der Waals surface area (Å²) in [6.45, 7) is 3.86. The van der Waals surface area contributed by atoms with Crippen molar-refractivity contribution in [2.24, 2.45) is 0 Å². The summed E-state index contributed by atoms with van der Waals surface area (Å²) >= 11 is 0. The number of rotatable bonds is 6. The van der Waals surface area contributed by atoms with Crippen molar-refractivity contribution in [3.63, 3.8) is 0 Å². The van der Waals surface area contributed by atoms with Gasteiger partial charge >= 0.3 is 5.97 Å². The Morgan fingerprint density at radius 3 is 2.86 bits per heavy atom. The maximum atomic E-state index is 10.7.